The number of Topliss-reactive ketones (excluding diaryl/α,β-unsaturated/α-hetero) is 1. The van der Waals surface area contributed by atoms with E-state index in [1.165, 1.54) is 18.2 Å². The van der Waals surface area contributed by atoms with E-state index in [0.29, 0.717) is 5.75 Å². The van der Waals surface area contributed by atoms with Crippen LogP contribution in [-0.2, 0) is 0 Å². The van der Waals surface area contributed by atoms with Crippen molar-refractivity contribution in [2.24, 2.45) is 0 Å². The highest BCUT2D eigenvalue weighted by Gasteiger charge is 2.28. The van der Waals surface area contributed by atoms with Crippen molar-refractivity contribution < 1.29 is 19.4 Å². The second-order valence-electron chi connectivity index (χ2n) is 4.81. The maximum atomic E-state index is 12.3. The van der Waals surface area contributed by atoms with E-state index in [4.69, 9.17) is 9.84 Å². The Balaban J connectivity index is 2.01. The fraction of sp³-hybridized carbons (Fsp3) is 0.0588. The number of allylic oxidation sites excluding steroid dienone is 1. The van der Waals surface area contributed by atoms with Crippen molar-refractivity contribution in [2.45, 2.75) is 6.92 Å². The van der Waals surface area contributed by atoms with Gasteiger partial charge in [0.05, 0.1) is 11.1 Å². The number of aromatic carboxylic acids is 1. The minimum absolute atomic E-state index is 0.0721. The van der Waals surface area contributed by atoms with Crippen molar-refractivity contribution in [1.29, 1.82) is 0 Å². The van der Waals surface area contributed by atoms with Gasteiger partial charge in [0.2, 0.25) is 5.78 Å². The van der Waals surface area contributed by atoms with Crippen molar-refractivity contribution in [3.63, 3.8) is 0 Å². The van der Waals surface area contributed by atoms with Crippen LogP contribution in [0.1, 0.15) is 31.8 Å². The summed E-state index contributed by atoms with van der Waals surface area (Å²) >= 11 is 0. The van der Waals surface area contributed by atoms with Gasteiger partial charge < -0.3 is 9.84 Å². The monoisotopic (exact) mass is 280 g/mol. The molecule has 0 spiro atoms. The number of ketones is 1. The van der Waals surface area contributed by atoms with Gasteiger partial charge in [-0.05, 0) is 42.3 Å². The van der Waals surface area contributed by atoms with E-state index < -0.39 is 5.97 Å². The molecule has 2 aromatic rings. The SMILES string of the molecule is Cc1ccccc1C=C1Oc2ccc(C(=O)O)cc2C1=O. The molecule has 0 aromatic heterocycles. The maximum absolute atomic E-state index is 12.3. The molecule has 1 aliphatic heterocycles. The van der Waals surface area contributed by atoms with Crippen LogP contribution < -0.4 is 4.74 Å². The number of rotatable bonds is 2. The lowest BCUT2D eigenvalue weighted by Gasteiger charge is -2.01. The quantitative estimate of drug-likeness (QED) is 0.857. The van der Waals surface area contributed by atoms with Gasteiger partial charge in [-0.25, -0.2) is 4.79 Å². The van der Waals surface area contributed by atoms with Gasteiger partial charge in [0.1, 0.15) is 5.75 Å². The summed E-state index contributed by atoms with van der Waals surface area (Å²) in [6, 6.07) is 11.9. The molecule has 0 saturated carbocycles. The molecule has 21 heavy (non-hydrogen) atoms. The third-order valence-electron chi connectivity index (χ3n) is 3.39. The zero-order chi connectivity index (χ0) is 15.0. The smallest absolute Gasteiger partial charge is 0.335 e. The Kier molecular flexibility index (Phi) is 3.06. The summed E-state index contributed by atoms with van der Waals surface area (Å²) in [6.07, 6.45) is 1.68. The lowest BCUT2D eigenvalue weighted by atomic mass is 10.0. The highest BCUT2D eigenvalue weighted by Crippen LogP contribution is 2.32. The van der Waals surface area contributed by atoms with Crippen LogP contribution in [0, 0.1) is 6.92 Å². The van der Waals surface area contributed by atoms with Crippen LogP contribution in [0.2, 0.25) is 0 Å². The Morgan fingerprint density at radius 1 is 1.19 bits per heavy atom. The summed E-state index contributed by atoms with van der Waals surface area (Å²) < 4.78 is 5.53. The van der Waals surface area contributed by atoms with Gasteiger partial charge in [-0.2, -0.15) is 0 Å². The molecular formula is C17H12O4. The van der Waals surface area contributed by atoms with Crippen molar-refractivity contribution in [3.05, 3.63) is 70.5 Å². The zero-order valence-corrected chi connectivity index (χ0v) is 11.3. The van der Waals surface area contributed by atoms with Gasteiger partial charge >= 0.3 is 5.97 Å². The third kappa shape index (κ3) is 2.31. The van der Waals surface area contributed by atoms with Gasteiger partial charge in [0, 0.05) is 0 Å². The number of benzene rings is 2. The average molecular weight is 280 g/mol. The number of hydrogen-bond donors (Lipinski definition) is 1. The predicted molar refractivity (Wildman–Crippen MR) is 77.5 cm³/mol. The van der Waals surface area contributed by atoms with Gasteiger partial charge in [0.25, 0.3) is 0 Å². The van der Waals surface area contributed by atoms with Crippen molar-refractivity contribution in [1.82, 2.24) is 0 Å². The minimum Gasteiger partial charge on any atom is -0.478 e. The molecule has 1 N–H and O–H groups in total. The summed E-state index contributed by atoms with van der Waals surface area (Å²) in [7, 11) is 0. The molecule has 0 amide bonds. The van der Waals surface area contributed by atoms with Crippen LogP contribution in [0.4, 0.5) is 0 Å². The molecular weight excluding hydrogens is 268 g/mol. The number of carboxylic acid groups (broad SMARTS) is 1. The number of ether oxygens (including phenoxy) is 1. The summed E-state index contributed by atoms with van der Waals surface area (Å²) in [5, 5.41) is 8.97. The molecule has 0 atom stereocenters. The molecule has 0 saturated heterocycles. The first kappa shape index (κ1) is 13.1. The van der Waals surface area contributed by atoms with Crippen LogP contribution in [0.15, 0.2) is 48.2 Å². The number of carbonyl (C=O) groups is 2. The van der Waals surface area contributed by atoms with Crippen LogP contribution in [-0.4, -0.2) is 16.9 Å². The molecule has 0 bridgehead atoms. The minimum atomic E-state index is -1.07. The fourth-order valence-corrected chi connectivity index (χ4v) is 2.21. The van der Waals surface area contributed by atoms with Gasteiger partial charge in [-0.3, -0.25) is 4.79 Å². The lowest BCUT2D eigenvalue weighted by molar-refractivity contribution is 0.0697. The molecule has 0 radical (unpaired) electrons. The first-order valence-corrected chi connectivity index (χ1v) is 6.43. The standard InChI is InChI=1S/C17H12O4/c1-10-4-2-3-5-11(10)9-15-16(18)13-8-12(17(19)20)6-7-14(13)21-15/h2-9H,1H3,(H,19,20). The summed E-state index contributed by atoms with van der Waals surface area (Å²) in [5.41, 5.74) is 2.29. The van der Waals surface area contributed by atoms with Crippen molar-refractivity contribution in [2.75, 3.05) is 0 Å². The van der Waals surface area contributed by atoms with E-state index in [1.54, 1.807) is 6.08 Å². The largest absolute Gasteiger partial charge is 0.478 e. The van der Waals surface area contributed by atoms with Crippen LogP contribution in [0.5, 0.6) is 5.75 Å². The number of carbonyl (C=O) groups excluding carboxylic acids is 1. The predicted octanol–water partition coefficient (Wildman–Crippen LogP) is 3.31. The molecule has 1 aliphatic rings. The second-order valence-corrected chi connectivity index (χ2v) is 4.81. The summed E-state index contributed by atoms with van der Waals surface area (Å²) in [5.74, 6) is -0.759. The van der Waals surface area contributed by atoms with E-state index in [0.717, 1.165) is 11.1 Å². The summed E-state index contributed by atoms with van der Waals surface area (Å²) in [4.78, 5) is 23.3. The molecule has 2 aromatic carbocycles. The Hall–Kier alpha value is -2.88. The van der Waals surface area contributed by atoms with Crippen molar-refractivity contribution in [3.8, 4) is 5.75 Å². The topological polar surface area (TPSA) is 63.6 Å². The van der Waals surface area contributed by atoms with E-state index in [1.807, 2.05) is 31.2 Å². The fourth-order valence-electron chi connectivity index (χ4n) is 2.21. The van der Waals surface area contributed by atoms with Crippen LogP contribution in [0.25, 0.3) is 6.08 Å². The number of aryl methyl sites for hydroxylation is 1. The van der Waals surface area contributed by atoms with E-state index in [2.05, 4.69) is 0 Å². The average Bonchev–Trinajstić information content (AvgIpc) is 2.77. The first-order valence-electron chi connectivity index (χ1n) is 6.43. The molecule has 0 fully saturated rings. The van der Waals surface area contributed by atoms with Crippen molar-refractivity contribution >= 4 is 17.8 Å². The van der Waals surface area contributed by atoms with Gasteiger partial charge in [0.15, 0.2) is 5.76 Å². The number of carboxylic acids is 1. The Morgan fingerprint density at radius 3 is 2.67 bits per heavy atom. The molecule has 4 nitrogen and oxygen atoms in total. The van der Waals surface area contributed by atoms with E-state index in [-0.39, 0.29) is 22.7 Å². The third-order valence-corrected chi connectivity index (χ3v) is 3.39. The highest BCUT2D eigenvalue weighted by atomic mass is 16.5. The summed E-state index contributed by atoms with van der Waals surface area (Å²) in [6.45, 7) is 1.95. The molecule has 3 rings (SSSR count). The highest BCUT2D eigenvalue weighted by molar-refractivity contribution is 6.15. The van der Waals surface area contributed by atoms with E-state index >= 15 is 0 Å². The van der Waals surface area contributed by atoms with Gasteiger partial charge in [-0.1, -0.05) is 24.3 Å². The number of fused-ring (bicyclic) bond motifs is 1. The molecule has 1 heterocycles. The molecule has 0 unspecified atom stereocenters. The Bertz CT molecular complexity index is 787. The first-order chi connectivity index (χ1) is 10.1. The lowest BCUT2D eigenvalue weighted by Crippen LogP contribution is -2.00. The Labute approximate surface area is 121 Å². The second kappa shape index (κ2) is 4.90. The number of hydrogen-bond acceptors (Lipinski definition) is 3. The Morgan fingerprint density at radius 2 is 1.95 bits per heavy atom. The maximum Gasteiger partial charge on any atom is 0.335 e. The van der Waals surface area contributed by atoms with E-state index in [9.17, 15) is 9.59 Å². The zero-order valence-electron chi connectivity index (χ0n) is 11.3. The molecule has 4 heteroatoms. The van der Waals surface area contributed by atoms with Crippen LogP contribution in [0.3, 0.4) is 0 Å². The van der Waals surface area contributed by atoms with Crippen LogP contribution >= 0.6 is 0 Å². The molecule has 104 valence electrons. The molecule has 0 aliphatic carbocycles. The van der Waals surface area contributed by atoms with Gasteiger partial charge in [-0.15, -0.1) is 0 Å². The normalized spacial score (nSPS) is 14.9.